The van der Waals surface area contributed by atoms with Crippen LogP contribution < -0.4 is 10.5 Å². The smallest absolute Gasteiger partial charge is 0.122 e. The van der Waals surface area contributed by atoms with Crippen molar-refractivity contribution in [2.45, 2.75) is 12.8 Å². The van der Waals surface area contributed by atoms with Gasteiger partial charge in [0.15, 0.2) is 0 Å². The number of fused-ring (bicyclic) bond motifs is 1. The Morgan fingerprint density at radius 1 is 1.47 bits per heavy atom. The van der Waals surface area contributed by atoms with Crippen LogP contribution in [0.15, 0.2) is 24.3 Å². The average Bonchev–Trinajstić information content (AvgIpc) is 2.72. The molecule has 2 atom stereocenters. The largest absolute Gasteiger partial charge is 0.493 e. The Bertz CT molecular complexity index is 367. The van der Waals surface area contributed by atoms with Crippen molar-refractivity contribution >= 4 is 0 Å². The number of hydrogen-bond donors (Lipinski definition) is 1. The zero-order valence-electron chi connectivity index (χ0n) is 10.7. The number of nitrogens with zero attached hydrogens (tertiary/aromatic N) is 1. The Labute approximate surface area is 104 Å². The van der Waals surface area contributed by atoms with Crippen molar-refractivity contribution < 1.29 is 4.74 Å². The summed E-state index contributed by atoms with van der Waals surface area (Å²) in [4.78, 5) is 2.35. The first kappa shape index (κ1) is 12.4. The van der Waals surface area contributed by atoms with Crippen LogP contribution in [0.1, 0.15) is 18.4 Å². The second-order valence-corrected chi connectivity index (χ2v) is 5.11. The van der Waals surface area contributed by atoms with Crippen molar-refractivity contribution in [1.82, 2.24) is 4.90 Å². The van der Waals surface area contributed by atoms with E-state index in [-0.39, 0.29) is 0 Å². The molecule has 17 heavy (non-hydrogen) atoms. The highest BCUT2D eigenvalue weighted by molar-refractivity contribution is 5.39. The molecule has 2 rings (SSSR count). The third kappa shape index (κ3) is 2.99. The normalized spacial score (nSPS) is 20.1. The van der Waals surface area contributed by atoms with E-state index >= 15 is 0 Å². The Balaban J connectivity index is 1.93. The molecule has 1 aromatic rings. The van der Waals surface area contributed by atoms with Crippen molar-refractivity contribution in [2.24, 2.45) is 11.7 Å². The number of ether oxygens (including phenoxy) is 1. The fourth-order valence-electron chi connectivity index (χ4n) is 2.44. The van der Waals surface area contributed by atoms with Gasteiger partial charge in [-0.2, -0.15) is 0 Å². The number of hydrogen-bond acceptors (Lipinski definition) is 3. The van der Waals surface area contributed by atoms with E-state index in [0.717, 1.165) is 32.0 Å². The maximum Gasteiger partial charge on any atom is 0.122 e. The number of nitrogens with two attached hydrogens (primary N) is 1. The van der Waals surface area contributed by atoms with E-state index in [1.54, 1.807) is 0 Å². The van der Waals surface area contributed by atoms with Crippen molar-refractivity contribution in [3.05, 3.63) is 29.8 Å². The lowest BCUT2D eigenvalue weighted by Crippen LogP contribution is -2.32. The maximum atomic E-state index is 5.69. The minimum absolute atomic E-state index is 0.501. The molecule has 0 amide bonds. The molecule has 3 nitrogen and oxygen atoms in total. The van der Waals surface area contributed by atoms with Crippen LogP contribution in [-0.4, -0.2) is 38.2 Å². The van der Waals surface area contributed by atoms with E-state index in [1.165, 1.54) is 5.56 Å². The number of benzene rings is 1. The second kappa shape index (κ2) is 5.52. The van der Waals surface area contributed by atoms with Crippen LogP contribution in [0.5, 0.6) is 5.75 Å². The molecule has 0 spiro atoms. The van der Waals surface area contributed by atoms with Gasteiger partial charge >= 0.3 is 0 Å². The molecule has 94 valence electrons. The molecule has 0 fully saturated rings. The molecular formula is C14H22N2O. The summed E-state index contributed by atoms with van der Waals surface area (Å²) in [6, 6.07) is 8.34. The van der Waals surface area contributed by atoms with Crippen LogP contribution in [0, 0.1) is 5.92 Å². The van der Waals surface area contributed by atoms with Crippen LogP contribution >= 0.6 is 0 Å². The third-order valence-corrected chi connectivity index (χ3v) is 3.36. The molecule has 2 unspecified atom stereocenters. The highest BCUT2D eigenvalue weighted by atomic mass is 16.5. The van der Waals surface area contributed by atoms with E-state index in [9.17, 15) is 0 Å². The third-order valence-electron chi connectivity index (χ3n) is 3.36. The van der Waals surface area contributed by atoms with Crippen LogP contribution in [0.4, 0.5) is 0 Å². The monoisotopic (exact) mass is 234 g/mol. The van der Waals surface area contributed by atoms with Crippen molar-refractivity contribution in [3.8, 4) is 5.75 Å². The van der Waals surface area contributed by atoms with Crippen molar-refractivity contribution in [2.75, 3.05) is 33.3 Å². The maximum absolute atomic E-state index is 5.69. The molecular weight excluding hydrogens is 212 g/mol. The zero-order valence-corrected chi connectivity index (χ0v) is 10.7. The molecule has 3 heteroatoms. The number of para-hydroxylation sites is 1. The first-order valence-electron chi connectivity index (χ1n) is 6.31. The van der Waals surface area contributed by atoms with Crippen LogP contribution in [0.3, 0.4) is 0 Å². The van der Waals surface area contributed by atoms with E-state index in [2.05, 4.69) is 37.1 Å². The van der Waals surface area contributed by atoms with Crippen LogP contribution in [0.25, 0.3) is 0 Å². The van der Waals surface area contributed by atoms with Crippen molar-refractivity contribution in [1.29, 1.82) is 0 Å². The van der Waals surface area contributed by atoms with Crippen molar-refractivity contribution in [3.63, 3.8) is 0 Å². The second-order valence-electron chi connectivity index (χ2n) is 5.11. The molecule has 0 bridgehead atoms. The first-order valence-corrected chi connectivity index (χ1v) is 6.31. The van der Waals surface area contributed by atoms with Gasteiger partial charge in [0.25, 0.3) is 0 Å². The van der Waals surface area contributed by atoms with Gasteiger partial charge in [-0.1, -0.05) is 25.1 Å². The lowest BCUT2D eigenvalue weighted by molar-refractivity contribution is 0.245. The quantitative estimate of drug-likeness (QED) is 0.842. The number of rotatable bonds is 5. The summed E-state index contributed by atoms with van der Waals surface area (Å²) in [5.41, 5.74) is 7.00. The van der Waals surface area contributed by atoms with Gasteiger partial charge in [0.1, 0.15) is 5.75 Å². The topological polar surface area (TPSA) is 38.5 Å². The predicted octanol–water partition coefficient (Wildman–Crippen LogP) is 1.69. The Kier molecular flexibility index (Phi) is 4.02. The fourth-order valence-corrected chi connectivity index (χ4v) is 2.44. The molecule has 0 aliphatic carbocycles. The minimum Gasteiger partial charge on any atom is -0.493 e. The van der Waals surface area contributed by atoms with Gasteiger partial charge in [-0.15, -0.1) is 0 Å². The van der Waals surface area contributed by atoms with Gasteiger partial charge in [-0.25, -0.2) is 0 Å². The summed E-state index contributed by atoms with van der Waals surface area (Å²) >= 11 is 0. The van der Waals surface area contributed by atoms with Gasteiger partial charge in [0.2, 0.25) is 0 Å². The van der Waals surface area contributed by atoms with Gasteiger partial charge < -0.3 is 15.4 Å². The fraction of sp³-hybridized carbons (Fsp3) is 0.571. The highest BCUT2D eigenvalue weighted by Gasteiger charge is 2.24. The van der Waals surface area contributed by atoms with Gasteiger partial charge in [-0.3, -0.25) is 0 Å². The molecule has 1 aliphatic rings. The van der Waals surface area contributed by atoms with E-state index in [4.69, 9.17) is 10.5 Å². The van der Waals surface area contributed by atoms with Gasteiger partial charge in [-0.05, 0) is 25.6 Å². The van der Waals surface area contributed by atoms with Gasteiger partial charge in [0.05, 0.1) is 6.61 Å². The Morgan fingerprint density at radius 3 is 3.00 bits per heavy atom. The average molecular weight is 234 g/mol. The van der Waals surface area contributed by atoms with Crippen LogP contribution in [-0.2, 0) is 0 Å². The molecule has 0 aromatic heterocycles. The first-order chi connectivity index (χ1) is 8.20. The SMILES string of the molecule is CC(CN)CN(C)CC1COc2ccccc21. The molecule has 1 aliphatic heterocycles. The molecule has 0 radical (unpaired) electrons. The van der Waals surface area contributed by atoms with E-state index in [1.807, 2.05) is 6.07 Å². The molecule has 1 aromatic carbocycles. The Hall–Kier alpha value is -1.06. The summed E-state index contributed by atoms with van der Waals surface area (Å²) in [6.45, 7) is 5.84. The van der Waals surface area contributed by atoms with E-state index in [0.29, 0.717) is 11.8 Å². The zero-order chi connectivity index (χ0) is 12.3. The van der Waals surface area contributed by atoms with Gasteiger partial charge in [0, 0.05) is 24.6 Å². The summed E-state index contributed by atoms with van der Waals surface area (Å²) in [7, 11) is 2.16. The molecule has 0 saturated carbocycles. The standard InChI is InChI=1S/C14H22N2O/c1-11(7-15)8-16(2)9-12-10-17-14-6-4-3-5-13(12)14/h3-6,11-12H,7-10,15H2,1-2H3. The molecule has 0 saturated heterocycles. The van der Waals surface area contributed by atoms with Crippen LogP contribution in [0.2, 0.25) is 0 Å². The Morgan fingerprint density at radius 2 is 2.24 bits per heavy atom. The molecule has 1 heterocycles. The lowest BCUT2D eigenvalue weighted by Gasteiger charge is -2.23. The summed E-state index contributed by atoms with van der Waals surface area (Å²) in [5, 5.41) is 0. The summed E-state index contributed by atoms with van der Waals surface area (Å²) in [6.07, 6.45) is 0. The highest BCUT2D eigenvalue weighted by Crippen LogP contribution is 2.33. The molecule has 2 N–H and O–H groups in total. The predicted molar refractivity (Wildman–Crippen MR) is 70.4 cm³/mol. The number of likely N-dealkylation sites (N-methyl/N-ethyl adjacent to an activating group) is 1. The summed E-state index contributed by atoms with van der Waals surface area (Å²) < 4.78 is 5.69. The summed E-state index contributed by atoms with van der Waals surface area (Å²) in [5.74, 6) is 2.11. The lowest BCUT2D eigenvalue weighted by atomic mass is 10.0. The van der Waals surface area contributed by atoms with E-state index < -0.39 is 0 Å². The minimum atomic E-state index is 0.501.